The lowest BCUT2D eigenvalue weighted by Gasteiger charge is -2.27. The van der Waals surface area contributed by atoms with E-state index in [0.717, 1.165) is 25.3 Å². The largest absolute Gasteiger partial charge is 0.473 e. The Kier molecular flexibility index (Phi) is 7.08. The van der Waals surface area contributed by atoms with Crippen molar-refractivity contribution in [1.29, 1.82) is 0 Å². The van der Waals surface area contributed by atoms with E-state index in [1.165, 1.54) is 11.7 Å². The van der Waals surface area contributed by atoms with Gasteiger partial charge in [0, 0.05) is 13.2 Å². The summed E-state index contributed by atoms with van der Waals surface area (Å²) in [4.78, 5) is 2.25. The zero-order chi connectivity index (χ0) is 14.9. The molecule has 0 amide bonds. The third kappa shape index (κ3) is 5.03. The lowest BCUT2D eigenvalue weighted by molar-refractivity contribution is 0.0397. The summed E-state index contributed by atoms with van der Waals surface area (Å²) in [5, 5.41) is 0. The molecule has 7 heteroatoms. The molecule has 0 bridgehead atoms. The van der Waals surface area contributed by atoms with Crippen LogP contribution in [0.3, 0.4) is 0 Å². The number of nitrogens with zero attached hydrogens (tertiary/aromatic N) is 3. The van der Waals surface area contributed by atoms with Crippen LogP contribution in [-0.4, -0.2) is 60.3 Å². The fraction of sp³-hybridized carbons (Fsp3) is 0.714. The lowest BCUT2D eigenvalue weighted by atomic mass is 10.1. The second-order valence-electron chi connectivity index (χ2n) is 4.75. The summed E-state index contributed by atoms with van der Waals surface area (Å²) in [6.45, 7) is 5.93. The predicted molar refractivity (Wildman–Crippen MR) is 81.8 cm³/mol. The van der Waals surface area contributed by atoms with Gasteiger partial charge in [0.1, 0.15) is 12.3 Å². The summed E-state index contributed by atoms with van der Waals surface area (Å²) < 4.78 is 24.9. The van der Waals surface area contributed by atoms with E-state index in [2.05, 4.69) is 32.8 Å². The number of hydrogen-bond acceptors (Lipinski definition) is 7. The molecule has 1 aliphatic heterocycles. The van der Waals surface area contributed by atoms with Crippen molar-refractivity contribution in [1.82, 2.24) is 13.6 Å². The summed E-state index contributed by atoms with van der Waals surface area (Å²) in [6, 6.07) is 0.159. The molecule has 2 rings (SSSR count). The van der Waals surface area contributed by atoms with Crippen LogP contribution in [0, 0.1) is 0 Å². The molecule has 0 saturated heterocycles. The van der Waals surface area contributed by atoms with E-state index in [0.29, 0.717) is 32.3 Å². The number of rotatable bonds is 9. The topological polar surface area (TPSA) is 56.7 Å². The van der Waals surface area contributed by atoms with Crippen molar-refractivity contribution >= 4 is 11.7 Å². The minimum Gasteiger partial charge on any atom is -0.473 e. The smallest absolute Gasteiger partial charge is 0.251 e. The van der Waals surface area contributed by atoms with E-state index >= 15 is 0 Å². The van der Waals surface area contributed by atoms with Crippen LogP contribution in [0.15, 0.2) is 12.2 Å². The molecule has 1 aromatic heterocycles. The minimum atomic E-state index is 0.159. The van der Waals surface area contributed by atoms with Gasteiger partial charge in [-0.1, -0.05) is 12.2 Å². The molecule has 2 heterocycles. The van der Waals surface area contributed by atoms with Crippen LogP contribution < -0.4 is 4.74 Å². The Balaban J connectivity index is 1.75. The lowest BCUT2D eigenvalue weighted by Crippen LogP contribution is -2.27. The van der Waals surface area contributed by atoms with Crippen molar-refractivity contribution in [2.45, 2.75) is 19.4 Å². The molecule has 0 aliphatic carbocycles. The second kappa shape index (κ2) is 9.09. The van der Waals surface area contributed by atoms with Gasteiger partial charge in [-0.25, -0.2) is 0 Å². The average Bonchev–Trinajstić information content (AvgIpc) is 2.95. The number of ether oxygens (including phenoxy) is 3. The van der Waals surface area contributed by atoms with Crippen molar-refractivity contribution in [3.8, 4) is 5.88 Å². The highest BCUT2D eigenvalue weighted by Gasteiger charge is 2.24. The van der Waals surface area contributed by atoms with E-state index in [-0.39, 0.29) is 6.04 Å². The van der Waals surface area contributed by atoms with E-state index in [1.807, 2.05) is 6.92 Å². The van der Waals surface area contributed by atoms with Crippen molar-refractivity contribution in [3.63, 3.8) is 0 Å². The molecule has 1 aromatic rings. The first-order valence-corrected chi connectivity index (χ1v) is 8.03. The molecule has 0 fully saturated rings. The highest BCUT2D eigenvalue weighted by molar-refractivity contribution is 6.99. The number of aromatic nitrogens is 2. The van der Waals surface area contributed by atoms with Crippen LogP contribution in [0.4, 0.5) is 0 Å². The van der Waals surface area contributed by atoms with Gasteiger partial charge < -0.3 is 14.2 Å². The number of likely N-dealkylation sites (N-methyl/N-ethyl adjacent to an activating group) is 1. The Bertz CT molecular complexity index is 439. The van der Waals surface area contributed by atoms with Crippen LogP contribution in [0.25, 0.3) is 0 Å². The SMILES string of the molecule is CCOCCOCCOc1nsnc1C1C=CCCN1C. The van der Waals surface area contributed by atoms with E-state index in [4.69, 9.17) is 14.2 Å². The van der Waals surface area contributed by atoms with Crippen molar-refractivity contribution in [2.24, 2.45) is 0 Å². The molecule has 21 heavy (non-hydrogen) atoms. The highest BCUT2D eigenvalue weighted by atomic mass is 32.1. The number of hydrogen-bond donors (Lipinski definition) is 0. The maximum absolute atomic E-state index is 5.70. The van der Waals surface area contributed by atoms with Gasteiger partial charge >= 0.3 is 0 Å². The average molecular weight is 313 g/mol. The van der Waals surface area contributed by atoms with Crippen LogP contribution in [-0.2, 0) is 9.47 Å². The molecule has 1 aliphatic rings. The molecule has 0 radical (unpaired) electrons. The quantitative estimate of drug-likeness (QED) is 0.513. The standard InChI is InChI=1S/C14H23N3O3S/c1-3-18-8-9-19-10-11-20-14-13(15-21-16-14)12-6-4-5-7-17(12)2/h4,6,12H,3,5,7-11H2,1-2H3. The molecule has 1 atom stereocenters. The Morgan fingerprint density at radius 3 is 2.86 bits per heavy atom. The second-order valence-corrected chi connectivity index (χ2v) is 5.28. The fourth-order valence-electron chi connectivity index (χ4n) is 2.12. The summed E-state index contributed by atoms with van der Waals surface area (Å²) in [7, 11) is 2.09. The summed E-state index contributed by atoms with van der Waals surface area (Å²) in [5.41, 5.74) is 0.896. The molecule has 1 unspecified atom stereocenters. The van der Waals surface area contributed by atoms with E-state index < -0.39 is 0 Å². The first-order chi connectivity index (χ1) is 10.3. The third-order valence-corrected chi connectivity index (χ3v) is 3.77. The highest BCUT2D eigenvalue weighted by Crippen LogP contribution is 2.30. The Morgan fingerprint density at radius 2 is 2.05 bits per heavy atom. The summed E-state index contributed by atoms with van der Waals surface area (Å²) in [6.07, 6.45) is 5.42. The molecule has 0 aromatic carbocycles. The normalized spacial score (nSPS) is 19.0. The molecular formula is C14H23N3O3S. The molecular weight excluding hydrogens is 290 g/mol. The van der Waals surface area contributed by atoms with E-state index in [1.54, 1.807) is 0 Å². The van der Waals surface area contributed by atoms with Gasteiger partial charge in [-0.2, -0.15) is 4.37 Å². The summed E-state index contributed by atoms with van der Waals surface area (Å²) in [5.74, 6) is 0.622. The Hall–Kier alpha value is -1.02. The van der Waals surface area contributed by atoms with Gasteiger partial charge in [0.25, 0.3) is 5.88 Å². The maximum atomic E-state index is 5.70. The van der Waals surface area contributed by atoms with Crippen molar-refractivity contribution in [3.05, 3.63) is 17.8 Å². The molecule has 0 spiro atoms. The van der Waals surface area contributed by atoms with E-state index in [9.17, 15) is 0 Å². The van der Waals surface area contributed by atoms with Crippen molar-refractivity contribution in [2.75, 3.05) is 46.6 Å². The zero-order valence-corrected chi connectivity index (χ0v) is 13.5. The van der Waals surface area contributed by atoms with Gasteiger partial charge in [-0.15, -0.1) is 4.37 Å². The molecule has 118 valence electrons. The Labute approximate surface area is 130 Å². The van der Waals surface area contributed by atoms with Crippen LogP contribution in [0.2, 0.25) is 0 Å². The van der Waals surface area contributed by atoms with Crippen LogP contribution >= 0.6 is 11.7 Å². The van der Waals surface area contributed by atoms with Gasteiger partial charge in [0.2, 0.25) is 0 Å². The monoisotopic (exact) mass is 313 g/mol. The van der Waals surface area contributed by atoms with Crippen molar-refractivity contribution < 1.29 is 14.2 Å². The minimum absolute atomic E-state index is 0.159. The molecule has 0 saturated carbocycles. The Morgan fingerprint density at radius 1 is 1.24 bits per heavy atom. The molecule has 6 nitrogen and oxygen atoms in total. The van der Waals surface area contributed by atoms with Gasteiger partial charge in [0.05, 0.1) is 37.6 Å². The zero-order valence-electron chi connectivity index (χ0n) is 12.7. The van der Waals surface area contributed by atoms with Gasteiger partial charge in [0.15, 0.2) is 0 Å². The third-order valence-electron chi connectivity index (χ3n) is 3.25. The summed E-state index contributed by atoms with van der Waals surface area (Å²) >= 11 is 1.19. The fourth-order valence-corrected chi connectivity index (χ4v) is 2.65. The van der Waals surface area contributed by atoms with Gasteiger partial charge in [-0.3, -0.25) is 4.90 Å². The predicted octanol–water partition coefficient (Wildman–Crippen LogP) is 1.90. The van der Waals surface area contributed by atoms with Crippen LogP contribution in [0.5, 0.6) is 5.88 Å². The molecule has 0 N–H and O–H groups in total. The maximum Gasteiger partial charge on any atom is 0.251 e. The van der Waals surface area contributed by atoms with Crippen LogP contribution in [0.1, 0.15) is 25.1 Å². The van der Waals surface area contributed by atoms with Gasteiger partial charge in [-0.05, 0) is 20.4 Å². The first kappa shape index (κ1) is 16.4. The first-order valence-electron chi connectivity index (χ1n) is 7.30.